The highest BCUT2D eigenvalue weighted by atomic mass is 32.1. The molecule has 2 heterocycles. The Balaban J connectivity index is 1.28. The van der Waals surface area contributed by atoms with E-state index in [2.05, 4.69) is 10.3 Å². The maximum atomic E-state index is 12.1. The van der Waals surface area contributed by atoms with E-state index in [1.54, 1.807) is 17.4 Å². The molecule has 1 aromatic carbocycles. The molecule has 0 aliphatic heterocycles. The summed E-state index contributed by atoms with van der Waals surface area (Å²) in [6.45, 7) is 0.888. The molecule has 7 heteroatoms. The van der Waals surface area contributed by atoms with E-state index in [1.165, 1.54) is 28.0 Å². The standard InChI is InChI=1S/C19H21N3O3S/c23-17(10-12-22-14-6-2-3-7-15(14)25-19(22)24)20-11-9-18-21-13-5-1-4-8-16(13)26-18/h2-3,6-7H,1,4-5,8-12H2,(H,20,23). The van der Waals surface area contributed by atoms with Crippen LogP contribution in [-0.4, -0.2) is 22.0 Å². The summed E-state index contributed by atoms with van der Waals surface area (Å²) < 4.78 is 6.68. The lowest BCUT2D eigenvalue weighted by Gasteiger charge is -2.06. The number of rotatable bonds is 6. The number of hydrogen-bond donors (Lipinski definition) is 1. The third kappa shape index (κ3) is 3.58. The molecule has 4 rings (SSSR count). The van der Waals surface area contributed by atoms with Gasteiger partial charge in [0.1, 0.15) is 0 Å². The van der Waals surface area contributed by atoms with Crippen LogP contribution in [0.5, 0.6) is 0 Å². The first-order valence-corrected chi connectivity index (χ1v) is 9.85. The molecule has 0 radical (unpaired) electrons. The lowest BCUT2D eigenvalue weighted by molar-refractivity contribution is -0.121. The van der Waals surface area contributed by atoms with E-state index in [-0.39, 0.29) is 12.3 Å². The SMILES string of the molecule is O=C(CCn1c(=O)oc2ccccc21)NCCc1nc2c(s1)CCCC2. The van der Waals surface area contributed by atoms with Crippen molar-refractivity contribution >= 4 is 28.3 Å². The van der Waals surface area contributed by atoms with Gasteiger partial charge in [-0.15, -0.1) is 11.3 Å². The van der Waals surface area contributed by atoms with E-state index in [4.69, 9.17) is 4.42 Å². The third-order valence-corrected chi connectivity index (χ3v) is 5.90. The summed E-state index contributed by atoms with van der Waals surface area (Å²) in [5.41, 5.74) is 2.53. The number of benzene rings is 1. The molecule has 2 aromatic heterocycles. The zero-order chi connectivity index (χ0) is 17.9. The van der Waals surface area contributed by atoms with Crippen LogP contribution in [-0.2, 0) is 30.6 Å². The van der Waals surface area contributed by atoms with Crippen LogP contribution in [0.25, 0.3) is 11.1 Å². The molecule has 0 saturated heterocycles. The summed E-state index contributed by atoms with van der Waals surface area (Å²) in [7, 11) is 0. The zero-order valence-electron chi connectivity index (χ0n) is 14.5. The topological polar surface area (TPSA) is 77.1 Å². The summed E-state index contributed by atoms with van der Waals surface area (Å²) in [6, 6.07) is 7.24. The first kappa shape index (κ1) is 17.0. The first-order valence-electron chi connectivity index (χ1n) is 9.03. The lowest BCUT2D eigenvalue weighted by Crippen LogP contribution is -2.27. The van der Waals surface area contributed by atoms with E-state index >= 15 is 0 Å². The largest absolute Gasteiger partial charge is 0.419 e. The van der Waals surface area contributed by atoms with Crippen LogP contribution in [0.3, 0.4) is 0 Å². The molecule has 6 nitrogen and oxygen atoms in total. The molecule has 0 atom stereocenters. The number of fused-ring (bicyclic) bond motifs is 2. The summed E-state index contributed by atoms with van der Waals surface area (Å²) in [5, 5.41) is 4.03. The van der Waals surface area contributed by atoms with Crippen molar-refractivity contribution in [3.05, 3.63) is 50.4 Å². The predicted molar refractivity (Wildman–Crippen MR) is 101 cm³/mol. The Morgan fingerprint density at radius 3 is 3.00 bits per heavy atom. The molecule has 0 saturated carbocycles. The molecular weight excluding hydrogens is 350 g/mol. The average molecular weight is 371 g/mol. The Morgan fingerprint density at radius 2 is 2.12 bits per heavy atom. The first-order chi connectivity index (χ1) is 12.7. The van der Waals surface area contributed by atoms with Crippen molar-refractivity contribution in [1.29, 1.82) is 0 Å². The molecule has 26 heavy (non-hydrogen) atoms. The normalized spacial score (nSPS) is 13.7. The fourth-order valence-corrected chi connectivity index (χ4v) is 4.50. The minimum Gasteiger partial charge on any atom is -0.408 e. The molecule has 1 amide bonds. The number of para-hydroxylation sites is 2. The Bertz CT molecular complexity index is 962. The van der Waals surface area contributed by atoms with Crippen LogP contribution in [0.1, 0.15) is 34.8 Å². The van der Waals surface area contributed by atoms with Gasteiger partial charge in [0.25, 0.3) is 0 Å². The Morgan fingerprint density at radius 1 is 1.27 bits per heavy atom. The van der Waals surface area contributed by atoms with Crippen molar-refractivity contribution in [2.24, 2.45) is 0 Å². The van der Waals surface area contributed by atoms with Gasteiger partial charge in [-0.1, -0.05) is 12.1 Å². The van der Waals surface area contributed by atoms with E-state index < -0.39 is 5.76 Å². The number of amides is 1. The Hall–Kier alpha value is -2.41. The number of thiazole rings is 1. The number of aromatic nitrogens is 2. The van der Waals surface area contributed by atoms with Crippen molar-refractivity contribution in [2.75, 3.05) is 6.54 Å². The van der Waals surface area contributed by atoms with Crippen LogP contribution < -0.4 is 11.1 Å². The van der Waals surface area contributed by atoms with Crippen LogP contribution in [0.15, 0.2) is 33.5 Å². The molecule has 0 fully saturated rings. The molecule has 1 aliphatic rings. The Labute approximate surface area is 154 Å². The number of carbonyl (C=O) groups is 1. The van der Waals surface area contributed by atoms with Crippen LogP contribution in [0.2, 0.25) is 0 Å². The molecule has 0 spiro atoms. The van der Waals surface area contributed by atoms with Gasteiger partial charge >= 0.3 is 5.76 Å². The van der Waals surface area contributed by atoms with Gasteiger partial charge in [-0.3, -0.25) is 9.36 Å². The highest BCUT2D eigenvalue weighted by Gasteiger charge is 2.15. The summed E-state index contributed by atoms with van der Waals surface area (Å²) in [4.78, 5) is 30.1. The fraction of sp³-hybridized carbons (Fsp3) is 0.421. The quantitative estimate of drug-likeness (QED) is 0.723. The second-order valence-electron chi connectivity index (χ2n) is 6.52. The number of oxazole rings is 1. The number of nitrogens with zero attached hydrogens (tertiary/aromatic N) is 2. The highest BCUT2D eigenvalue weighted by molar-refractivity contribution is 7.11. The van der Waals surface area contributed by atoms with E-state index in [1.807, 2.05) is 18.2 Å². The maximum absolute atomic E-state index is 12.1. The highest BCUT2D eigenvalue weighted by Crippen LogP contribution is 2.26. The zero-order valence-corrected chi connectivity index (χ0v) is 15.3. The number of hydrogen-bond acceptors (Lipinski definition) is 5. The third-order valence-electron chi connectivity index (χ3n) is 4.69. The van der Waals surface area contributed by atoms with Crippen LogP contribution >= 0.6 is 11.3 Å². The van der Waals surface area contributed by atoms with Crippen molar-refractivity contribution < 1.29 is 9.21 Å². The van der Waals surface area contributed by atoms with Gasteiger partial charge in [0.15, 0.2) is 5.58 Å². The molecule has 3 aromatic rings. The summed E-state index contributed by atoms with van der Waals surface area (Å²) in [5.74, 6) is -0.490. The predicted octanol–water partition coefficient (Wildman–Crippen LogP) is 2.68. The maximum Gasteiger partial charge on any atom is 0.419 e. The van der Waals surface area contributed by atoms with Gasteiger partial charge < -0.3 is 9.73 Å². The van der Waals surface area contributed by atoms with Gasteiger partial charge in [0.05, 0.1) is 16.2 Å². The second-order valence-corrected chi connectivity index (χ2v) is 7.69. The smallest absolute Gasteiger partial charge is 0.408 e. The van der Waals surface area contributed by atoms with Gasteiger partial charge in [-0.2, -0.15) is 0 Å². The van der Waals surface area contributed by atoms with Gasteiger partial charge in [0, 0.05) is 30.8 Å². The van der Waals surface area contributed by atoms with Gasteiger partial charge in [0.2, 0.25) is 5.91 Å². The number of carbonyl (C=O) groups excluding carboxylic acids is 1. The molecule has 0 bridgehead atoms. The molecular formula is C19H21N3O3S. The summed E-state index contributed by atoms with van der Waals surface area (Å²) in [6.07, 6.45) is 5.73. The summed E-state index contributed by atoms with van der Waals surface area (Å²) >= 11 is 1.78. The second kappa shape index (κ2) is 7.45. The van der Waals surface area contributed by atoms with E-state index in [9.17, 15) is 9.59 Å². The Kier molecular flexibility index (Phi) is 4.88. The molecule has 0 unspecified atom stereocenters. The number of aryl methyl sites for hydroxylation is 3. The van der Waals surface area contributed by atoms with E-state index in [0.29, 0.717) is 18.7 Å². The van der Waals surface area contributed by atoms with Crippen molar-refractivity contribution in [2.45, 2.75) is 45.1 Å². The average Bonchev–Trinajstić information content (AvgIpc) is 3.19. The molecule has 1 aliphatic carbocycles. The van der Waals surface area contributed by atoms with Crippen LogP contribution in [0, 0.1) is 0 Å². The monoisotopic (exact) mass is 371 g/mol. The minimum atomic E-state index is -0.424. The van der Waals surface area contributed by atoms with Crippen molar-refractivity contribution in [3.63, 3.8) is 0 Å². The molecule has 1 N–H and O–H groups in total. The fourth-order valence-electron chi connectivity index (χ4n) is 3.35. The van der Waals surface area contributed by atoms with Crippen molar-refractivity contribution in [1.82, 2.24) is 14.9 Å². The van der Waals surface area contributed by atoms with Gasteiger partial charge in [-0.25, -0.2) is 9.78 Å². The minimum absolute atomic E-state index is 0.0662. The number of nitrogens with one attached hydrogen (secondary N) is 1. The van der Waals surface area contributed by atoms with E-state index in [0.717, 1.165) is 29.8 Å². The van der Waals surface area contributed by atoms with Crippen molar-refractivity contribution in [3.8, 4) is 0 Å². The molecule has 136 valence electrons. The van der Waals surface area contributed by atoms with Gasteiger partial charge in [-0.05, 0) is 37.8 Å². The lowest BCUT2D eigenvalue weighted by atomic mass is 10.0. The van der Waals surface area contributed by atoms with Crippen LogP contribution in [0.4, 0.5) is 0 Å².